The molecule has 5 unspecified atom stereocenters. The summed E-state index contributed by atoms with van der Waals surface area (Å²) in [6.45, 7) is 8.57. The molecule has 2 nitrogen and oxygen atoms in total. The van der Waals surface area contributed by atoms with Crippen molar-refractivity contribution < 1.29 is 9.31 Å². The Kier molecular flexibility index (Phi) is 5.09. The molecule has 1 aromatic carbocycles. The Balaban J connectivity index is 0.000000349. The van der Waals surface area contributed by atoms with Crippen LogP contribution in [-0.4, -0.2) is 46.2 Å². The topological polar surface area (TPSA) is 18.5 Å². The summed E-state index contributed by atoms with van der Waals surface area (Å²) in [6.07, 6.45) is 6.91. The third-order valence-corrected chi connectivity index (χ3v) is 9.57. The van der Waals surface area contributed by atoms with E-state index in [0.29, 0.717) is 0 Å². The summed E-state index contributed by atoms with van der Waals surface area (Å²) >= 11 is 4.30. The molecule has 1 spiro atoms. The Bertz CT molecular complexity index is 859. The summed E-state index contributed by atoms with van der Waals surface area (Å²) in [5, 5.41) is 0. The molecular weight excluding hydrogens is 382 g/mol. The third-order valence-electron chi connectivity index (χ3n) is 9.26. The molecule has 3 saturated carbocycles. The second kappa shape index (κ2) is 7.09. The van der Waals surface area contributed by atoms with Gasteiger partial charge in [0.1, 0.15) is 0 Å². The van der Waals surface area contributed by atoms with Gasteiger partial charge in [0.05, 0.1) is 11.2 Å². The van der Waals surface area contributed by atoms with E-state index in [1.54, 1.807) is 11.1 Å². The second-order valence-corrected chi connectivity index (χ2v) is 11.6. The van der Waals surface area contributed by atoms with Gasteiger partial charge in [-0.1, -0.05) is 18.2 Å². The quantitative estimate of drug-likeness (QED) is 0.694. The molecule has 6 rings (SSSR count). The van der Waals surface area contributed by atoms with Crippen LogP contribution >= 0.6 is 12.1 Å². The van der Waals surface area contributed by atoms with E-state index in [0.717, 1.165) is 29.1 Å². The van der Waals surface area contributed by atoms with Gasteiger partial charge in [0.25, 0.3) is 0 Å². The second-order valence-electron chi connectivity index (χ2n) is 11.3. The van der Waals surface area contributed by atoms with E-state index in [-0.39, 0.29) is 18.3 Å². The molecule has 3 bridgehead atoms. The van der Waals surface area contributed by atoms with Crippen molar-refractivity contribution in [2.75, 3.05) is 0 Å². The van der Waals surface area contributed by atoms with Gasteiger partial charge in [-0.15, -0.1) is 0 Å². The Morgan fingerprint density at radius 1 is 0.967 bits per heavy atom. The van der Waals surface area contributed by atoms with Gasteiger partial charge in [-0.3, -0.25) is 0 Å². The molecule has 0 aromatic heterocycles. The van der Waals surface area contributed by atoms with Crippen LogP contribution in [0.1, 0.15) is 82.8 Å². The molecule has 150 valence electrons. The SMILES string of the molecule is CC1(C)OB(c2ccc3c(c2)C2CC4CC5CC3CC54C2)OC1(C)C.[B]B([B])B=S. The minimum atomic E-state index is -0.426. The van der Waals surface area contributed by atoms with E-state index in [2.05, 4.69) is 57.9 Å². The van der Waals surface area contributed by atoms with Gasteiger partial charge in [-0.2, -0.15) is 0 Å². The number of fused-ring (bicyclic) bond motifs is 5. The fourth-order valence-corrected chi connectivity index (χ4v) is 7.09. The maximum absolute atomic E-state index is 6.32. The van der Waals surface area contributed by atoms with Crippen LogP contribution < -0.4 is 5.46 Å². The number of benzene rings is 1. The molecule has 5 atom stereocenters. The van der Waals surface area contributed by atoms with Gasteiger partial charge in [-0.05, 0) is 105 Å². The first-order valence-electron chi connectivity index (χ1n) is 11.5. The van der Waals surface area contributed by atoms with E-state index >= 15 is 0 Å². The molecule has 1 aromatic rings. The van der Waals surface area contributed by atoms with Crippen LogP contribution in [0.15, 0.2) is 18.2 Å². The van der Waals surface area contributed by atoms with Crippen LogP contribution in [0.5, 0.6) is 0 Å². The first-order valence-corrected chi connectivity index (χ1v) is 12.0. The van der Waals surface area contributed by atoms with Crippen LogP contribution in [-0.2, 0) is 9.31 Å². The summed E-state index contributed by atoms with van der Waals surface area (Å²) in [5.74, 6) is 3.69. The number of hydrogen-bond acceptors (Lipinski definition) is 3. The summed E-state index contributed by atoms with van der Waals surface area (Å²) in [4.78, 5) is 0. The molecule has 4 aliphatic carbocycles. The third kappa shape index (κ3) is 3.10. The van der Waals surface area contributed by atoms with Gasteiger partial charge in [0.2, 0.25) is 0 Å². The van der Waals surface area contributed by atoms with Crippen LogP contribution in [0.2, 0.25) is 0 Å². The van der Waals surface area contributed by atoms with Gasteiger partial charge in [0.15, 0.2) is 0 Å². The predicted octanol–water partition coefficient (Wildman–Crippen LogP) is 3.50. The molecule has 1 saturated heterocycles. The van der Waals surface area contributed by atoms with Gasteiger partial charge < -0.3 is 9.31 Å². The Morgan fingerprint density at radius 2 is 1.50 bits per heavy atom. The zero-order valence-electron chi connectivity index (χ0n) is 18.7. The molecule has 0 N–H and O–H groups in total. The average molecular weight is 412 g/mol. The van der Waals surface area contributed by atoms with E-state index in [4.69, 9.17) is 24.8 Å². The van der Waals surface area contributed by atoms with Crippen LogP contribution in [0.4, 0.5) is 0 Å². The standard InChI is InChI=1S/C22H29BO2.B4S/c1-20(2)21(3,4)25-23(24-20)17-5-6-18-13-7-15-9-16-8-14(19(18)10-17)12-22(15,16)11-13;1-4(2)3-5/h5-6,10,13-16H,7-9,11-12H2,1-4H3;. The van der Waals surface area contributed by atoms with Crippen LogP contribution in [0.25, 0.3) is 0 Å². The van der Waals surface area contributed by atoms with Crippen molar-refractivity contribution in [2.24, 2.45) is 17.3 Å². The fourth-order valence-electron chi connectivity index (χ4n) is 7.09. The minimum absolute atomic E-state index is 0.222. The fraction of sp³-hybridized carbons (Fsp3) is 0.727. The van der Waals surface area contributed by atoms with Crippen molar-refractivity contribution in [1.82, 2.24) is 0 Å². The van der Waals surface area contributed by atoms with Gasteiger partial charge in [-0.25, -0.2) is 0 Å². The Labute approximate surface area is 191 Å². The molecule has 30 heavy (non-hydrogen) atoms. The summed E-state index contributed by atoms with van der Waals surface area (Å²) < 4.78 is 12.6. The normalized spacial score (nSPS) is 37.9. The number of hydrogen-bond donors (Lipinski definition) is 0. The Morgan fingerprint density at radius 3 is 2.03 bits per heavy atom. The summed E-state index contributed by atoms with van der Waals surface area (Å²) in [7, 11) is 9.60. The van der Waals surface area contributed by atoms with Crippen molar-refractivity contribution in [3.63, 3.8) is 0 Å². The van der Waals surface area contributed by atoms with E-state index < -0.39 is 6.39 Å². The molecule has 4 radical (unpaired) electrons. The molecule has 1 aliphatic heterocycles. The Hall–Kier alpha value is -0.315. The van der Waals surface area contributed by atoms with E-state index in [1.165, 1.54) is 43.6 Å². The molecule has 8 heteroatoms. The maximum atomic E-state index is 6.32. The van der Waals surface area contributed by atoms with Crippen molar-refractivity contribution >= 4 is 52.5 Å². The van der Waals surface area contributed by atoms with Crippen molar-refractivity contribution in [3.05, 3.63) is 29.3 Å². The van der Waals surface area contributed by atoms with Crippen molar-refractivity contribution in [1.29, 1.82) is 0 Å². The van der Waals surface area contributed by atoms with E-state index in [9.17, 15) is 0 Å². The van der Waals surface area contributed by atoms with Crippen LogP contribution in [0.3, 0.4) is 0 Å². The number of rotatable bonds is 2. The molecule has 4 fully saturated rings. The molecular formula is C22H29B5O2S. The van der Waals surface area contributed by atoms with Crippen molar-refractivity contribution in [2.45, 2.75) is 82.8 Å². The zero-order chi connectivity index (χ0) is 21.5. The summed E-state index contributed by atoms with van der Waals surface area (Å²) in [5.41, 5.74) is 4.74. The van der Waals surface area contributed by atoms with Crippen molar-refractivity contribution in [3.8, 4) is 0 Å². The average Bonchev–Trinajstić information content (AvgIpc) is 3.19. The monoisotopic (exact) mass is 412 g/mol. The first kappa shape index (κ1) is 21.5. The summed E-state index contributed by atoms with van der Waals surface area (Å²) in [6, 6.07) is 8.48. The van der Waals surface area contributed by atoms with Gasteiger partial charge >= 0.3 is 47.1 Å². The van der Waals surface area contributed by atoms with Crippen LogP contribution in [0, 0.1) is 17.3 Å². The molecule has 1 heterocycles. The zero-order valence-corrected chi connectivity index (χ0v) is 19.5. The molecule has 5 aliphatic rings. The molecule has 0 amide bonds. The predicted molar refractivity (Wildman–Crippen MR) is 131 cm³/mol. The van der Waals surface area contributed by atoms with E-state index in [1.807, 2.05) is 0 Å². The first-order chi connectivity index (χ1) is 14.1. The van der Waals surface area contributed by atoms with Gasteiger partial charge in [0, 0.05) is 0 Å².